The summed E-state index contributed by atoms with van der Waals surface area (Å²) < 4.78 is 0. The van der Waals surface area contributed by atoms with Crippen molar-refractivity contribution in [1.29, 1.82) is 0 Å². The second-order valence-corrected chi connectivity index (χ2v) is 9.43. The van der Waals surface area contributed by atoms with Crippen molar-refractivity contribution in [3.63, 3.8) is 0 Å². The predicted molar refractivity (Wildman–Crippen MR) is 146 cm³/mol. The van der Waals surface area contributed by atoms with Crippen molar-refractivity contribution in [2.75, 3.05) is 36.4 Å². The maximum absolute atomic E-state index is 12.9. The van der Waals surface area contributed by atoms with Gasteiger partial charge in [-0.05, 0) is 67.2 Å². The number of piperazine rings is 1. The first kappa shape index (κ1) is 25.0. The van der Waals surface area contributed by atoms with E-state index in [0.29, 0.717) is 47.5 Å². The summed E-state index contributed by atoms with van der Waals surface area (Å²) in [6.45, 7) is 4.54. The number of benzene rings is 3. The Kier molecular flexibility index (Phi) is 7.90. The molecule has 0 radical (unpaired) electrons. The molecule has 0 bridgehead atoms. The quantitative estimate of drug-likeness (QED) is 0.446. The van der Waals surface area contributed by atoms with Crippen molar-refractivity contribution in [2.45, 2.75) is 6.92 Å². The van der Waals surface area contributed by atoms with Crippen LogP contribution in [-0.2, 0) is 0 Å². The number of halogens is 2. The highest BCUT2D eigenvalue weighted by molar-refractivity contribution is 7.80. The number of nitrogens with one attached hydrogen (secondary N) is 2. The van der Waals surface area contributed by atoms with E-state index >= 15 is 0 Å². The second kappa shape index (κ2) is 11.1. The lowest BCUT2D eigenvalue weighted by atomic mass is 10.1. The van der Waals surface area contributed by atoms with E-state index in [1.165, 1.54) is 0 Å². The van der Waals surface area contributed by atoms with Gasteiger partial charge in [-0.1, -0.05) is 47.5 Å². The SMILES string of the molecule is Cc1ccccc1C(=O)N1CCN(c2ccc(NC(=S)NC(=O)c3cccc(Cl)c3)cc2Cl)CC1. The van der Waals surface area contributed by atoms with Crippen LogP contribution in [0, 0.1) is 6.92 Å². The monoisotopic (exact) mass is 526 g/mol. The van der Waals surface area contributed by atoms with Gasteiger partial charge in [0.2, 0.25) is 0 Å². The Morgan fingerprint density at radius 3 is 2.34 bits per heavy atom. The zero-order valence-corrected chi connectivity index (χ0v) is 21.4. The van der Waals surface area contributed by atoms with Gasteiger partial charge in [-0.3, -0.25) is 14.9 Å². The van der Waals surface area contributed by atoms with Gasteiger partial charge in [-0.2, -0.15) is 0 Å². The van der Waals surface area contributed by atoms with Crippen molar-refractivity contribution >= 4 is 63.7 Å². The molecule has 0 aliphatic carbocycles. The van der Waals surface area contributed by atoms with Gasteiger partial charge in [-0.25, -0.2) is 0 Å². The molecule has 0 saturated carbocycles. The van der Waals surface area contributed by atoms with Crippen LogP contribution in [0.2, 0.25) is 10.0 Å². The first-order valence-electron chi connectivity index (χ1n) is 11.1. The lowest BCUT2D eigenvalue weighted by molar-refractivity contribution is 0.0746. The van der Waals surface area contributed by atoms with Crippen LogP contribution in [0.25, 0.3) is 0 Å². The van der Waals surface area contributed by atoms with Crippen LogP contribution in [0.5, 0.6) is 0 Å². The minimum atomic E-state index is -0.356. The Morgan fingerprint density at radius 1 is 0.914 bits per heavy atom. The maximum Gasteiger partial charge on any atom is 0.257 e. The number of anilines is 2. The van der Waals surface area contributed by atoms with Crippen molar-refractivity contribution in [3.8, 4) is 0 Å². The Balaban J connectivity index is 1.34. The molecule has 35 heavy (non-hydrogen) atoms. The van der Waals surface area contributed by atoms with Gasteiger partial charge in [0.25, 0.3) is 11.8 Å². The van der Waals surface area contributed by atoms with Crippen LogP contribution >= 0.6 is 35.4 Å². The summed E-state index contributed by atoms with van der Waals surface area (Å²) in [6, 6.07) is 19.8. The molecule has 1 saturated heterocycles. The Labute approximate surface area is 219 Å². The molecule has 2 amide bonds. The second-order valence-electron chi connectivity index (χ2n) is 8.18. The molecular weight excluding hydrogens is 503 g/mol. The Morgan fingerprint density at radius 2 is 1.66 bits per heavy atom. The van der Waals surface area contributed by atoms with Crippen LogP contribution in [0.4, 0.5) is 11.4 Å². The standard InChI is InChI=1S/C26H24Cl2N4O2S/c1-17-5-2-3-8-21(17)25(34)32-13-11-31(12-14-32)23-10-9-20(16-22(23)28)29-26(35)30-24(33)18-6-4-7-19(27)15-18/h2-10,15-16H,11-14H2,1H3,(H2,29,30,33,35). The fourth-order valence-electron chi connectivity index (χ4n) is 3.94. The molecule has 9 heteroatoms. The van der Waals surface area contributed by atoms with Crippen LogP contribution < -0.4 is 15.5 Å². The molecule has 0 aromatic heterocycles. The van der Waals surface area contributed by atoms with Gasteiger partial charge < -0.3 is 15.1 Å². The minimum absolute atomic E-state index is 0.0572. The van der Waals surface area contributed by atoms with E-state index in [1.807, 2.05) is 48.2 Å². The fourth-order valence-corrected chi connectivity index (χ4v) is 4.64. The number of carbonyl (C=O) groups is 2. The van der Waals surface area contributed by atoms with Crippen LogP contribution in [0.1, 0.15) is 26.3 Å². The summed E-state index contributed by atoms with van der Waals surface area (Å²) in [4.78, 5) is 29.3. The van der Waals surface area contributed by atoms with E-state index in [0.717, 1.165) is 16.8 Å². The fraction of sp³-hybridized carbons (Fsp3) is 0.192. The molecule has 0 unspecified atom stereocenters. The number of nitrogens with zero attached hydrogens (tertiary/aromatic N) is 2. The summed E-state index contributed by atoms with van der Waals surface area (Å²) in [6.07, 6.45) is 0. The first-order valence-corrected chi connectivity index (χ1v) is 12.3. The third-order valence-corrected chi connectivity index (χ3v) is 6.54. The number of hydrogen-bond donors (Lipinski definition) is 2. The highest BCUT2D eigenvalue weighted by atomic mass is 35.5. The molecule has 3 aromatic carbocycles. The van der Waals surface area contributed by atoms with E-state index in [-0.39, 0.29) is 16.9 Å². The van der Waals surface area contributed by atoms with E-state index in [1.54, 1.807) is 30.3 Å². The predicted octanol–water partition coefficient (Wildman–Crippen LogP) is 5.39. The lowest BCUT2D eigenvalue weighted by Crippen LogP contribution is -2.49. The Bertz CT molecular complexity index is 1280. The zero-order valence-electron chi connectivity index (χ0n) is 19.1. The summed E-state index contributed by atoms with van der Waals surface area (Å²) in [5.41, 5.74) is 3.67. The Hall–Kier alpha value is -3.13. The topological polar surface area (TPSA) is 64.7 Å². The van der Waals surface area contributed by atoms with Crippen molar-refractivity contribution < 1.29 is 9.59 Å². The molecule has 3 aromatic rings. The molecule has 2 N–H and O–H groups in total. The number of carbonyl (C=O) groups excluding carboxylic acids is 2. The normalized spacial score (nSPS) is 13.3. The largest absolute Gasteiger partial charge is 0.367 e. The summed E-state index contributed by atoms with van der Waals surface area (Å²) in [7, 11) is 0. The molecule has 1 fully saturated rings. The van der Waals surface area contributed by atoms with Gasteiger partial charge in [0, 0.05) is 48.0 Å². The third-order valence-electron chi connectivity index (χ3n) is 5.80. The van der Waals surface area contributed by atoms with E-state index in [2.05, 4.69) is 15.5 Å². The van der Waals surface area contributed by atoms with Crippen molar-refractivity contribution in [1.82, 2.24) is 10.2 Å². The molecule has 180 valence electrons. The minimum Gasteiger partial charge on any atom is -0.367 e. The van der Waals surface area contributed by atoms with E-state index < -0.39 is 0 Å². The molecule has 6 nitrogen and oxygen atoms in total. The maximum atomic E-state index is 12.9. The van der Waals surface area contributed by atoms with Gasteiger partial charge in [0.15, 0.2) is 5.11 Å². The number of hydrogen-bond acceptors (Lipinski definition) is 4. The average Bonchev–Trinajstić information content (AvgIpc) is 2.84. The summed E-state index contributed by atoms with van der Waals surface area (Å²) in [5, 5.41) is 6.80. The number of rotatable bonds is 4. The van der Waals surface area contributed by atoms with E-state index in [4.69, 9.17) is 35.4 Å². The van der Waals surface area contributed by atoms with Crippen LogP contribution in [0.15, 0.2) is 66.7 Å². The van der Waals surface area contributed by atoms with Crippen LogP contribution in [-0.4, -0.2) is 48.0 Å². The smallest absolute Gasteiger partial charge is 0.257 e. The van der Waals surface area contributed by atoms with Crippen molar-refractivity contribution in [3.05, 3.63) is 93.5 Å². The third kappa shape index (κ3) is 6.11. The van der Waals surface area contributed by atoms with Crippen molar-refractivity contribution in [2.24, 2.45) is 0 Å². The molecule has 0 spiro atoms. The molecule has 0 atom stereocenters. The van der Waals surface area contributed by atoms with Gasteiger partial charge >= 0.3 is 0 Å². The first-order chi connectivity index (χ1) is 16.8. The van der Waals surface area contributed by atoms with Crippen LogP contribution in [0.3, 0.4) is 0 Å². The zero-order chi connectivity index (χ0) is 24.9. The number of aryl methyl sites for hydroxylation is 1. The van der Waals surface area contributed by atoms with Gasteiger partial charge in [0.05, 0.1) is 10.7 Å². The molecular formula is C26H24Cl2N4O2S. The summed E-state index contributed by atoms with van der Waals surface area (Å²) >= 11 is 17.8. The molecule has 1 heterocycles. The summed E-state index contributed by atoms with van der Waals surface area (Å²) in [5.74, 6) is -0.299. The highest BCUT2D eigenvalue weighted by Crippen LogP contribution is 2.30. The molecule has 1 aliphatic rings. The molecule has 4 rings (SSSR count). The lowest BCUT2D eigenvalue weighted by Gasteiger charge is -2.36. The van der Waals surface area contributed by atoms with Gasteiger partial charge in [-0.15, -0.1) is 0 Å². The molecule has 1 aliphatic heterocycles. The highest BCUT2D eigenvalue weighted by Gasteiger charge is 2.24. The van der Waals surface area contributed by atoms with Gasteiger partial charge in [0.1, 0.15) is 0 Å². The average molecular weight is 527 g/mol. The number of amides is 2. The van der Waals surface area contributed by atoms with E-state index in [9.17, 15) is 9.59 Å². The number of thiocarbonyl (C=S) groups is 1.